The number of amides is 3. The second kappa shape index (κ2) is 19.3. The lowest BCUT2D eigenvalue weighted by molar-refractivity contribution is 0.0358. The fourth-order valence-corrected chi connectivity index (χ4v) is 7.40. The van der Waals surface area contributed by atoms with Gasteiger partial charge in [-0.15, -0.1) is 0 Å². The number of nitrogens with zero attached hydrogens (tertiary/aromatic N) is 7. The number of primary amides is 1. The van der Waals surface area contributed by atoms with Crippen LogP contribution in [-0.2, 0) is 35.4 Å². The van der Waals surface area contributed by atoms with Crippen molar-refractivity contribution in [2.24, 2.45) is 5.73 Å². The number of nitrogens with one attached hydrogen (secondary N) is 2. The van der Waals surface area contributed by atoms with Crippen LogP contribution in [0.2, 0.25) is 0 Å². The molecule has 20 heteroatoms. The minimum absolute atomic E-state index is 0.0538. The summed E-state index contributed by atoms with van der Waals surface area (Å²) in [5.41, 5.74) is 8.81. The maximum Gasteiger partial charge on any atom is 0.338 e. The number of benzene rings is 2. The normalized spacial score (nSPS) is 13.2. The van der Waals surface area contributed by atoms with Crippen LogP contribution in [0, 0.1) is 13.8 Å². The van der Waals surface area contributed by atoms with Crippen LogP contribution in [0.4, 0.5) is 11.9 Å². The highest BCUT2D eigenvalue weighted by molar-refractivity contribution is 6.05. The number of morpholine rings is 1. The van der Waals surface area contributed by atoms with E-state index in [2.05, 4.69) is 25.5 Å². The van der Waals surface area contributed by atoms with Crippen LogP contribution in [-0.4, -0.2) is 111 Å². The van der Waals surface area contributed by atoms with Gasteiger partial charge in [0.2, 0.25) is 29.3 Å². The number of anilines is 2. The monoisotopic (exact) mass is 866 g/mol. The maximum absolute atomic E-state index is 13.8. The van der Waals surface area contributed by atoms with E-state index in [1.165, 1.54) is 20.3 Å². The van der Waals surface area contributed by atoms with Crippen LogP contribution in [0.25, 0.3) is 22.1 Å². The molecule has 0 bridgehead atoms. The van der Waals surface area contributed by atoms with Crippen molar-refractivity contribution in [1.82, 2.24) is 34.0 Å². The summed E-state index contributed by atoms with van der Waals surface area (Å²) in [6.07, 6.45) is 5.28. The number of imidazole rings is 2. The summed E-state index contributed by atoms with van der Waals surface area (Å²) in [4.78, 5) is 72.9. The first-order valence-corrected chi connectivity index (χ1v) is 20.6. The van der Waals surface area contributed by atoms with E-state index in [1.54, 1.807) is 41.2 Å². The topological polar surface area (TPSA) is 246 Å². The molecule has 0 spiro atoms. The van der Waals surface area contributed by atoms with Crippen LogP contribution in [0.1, 0.15) is 85.3 Å². The Morgan fingerprint density at radius 2 is 1.29 bits per heavy atom. The largest absolute Gasteiger partial charge is 0.494 e. The molecule has 2 aromatic carbocycles. The van der Waals surface area contributed by atoms with Crippen molar-refractivity contribution < 1.29 is 47.0 Å². The van der Waals surface area contributed by atoms with Crippen LogP contribution in [0.3, 0.4) is 0 Å². The van der Waals surface area contributed by atoms with Crippen molar-refractivity contribution in [2.45, 2.75) is 60.0 Å². The Labute approximate surface area is 361 Å². The number of fused-ring (bicyclic) bond motifs is 2. The average Bonchev–Trinajstić information content (AvgIpc) is 4.05. The zero-order valence-electron chi connectivity index (χ0n) is 36.0. The van der Waals surface area contributed by atoms with Gasteiger partial charge >= 0.3 is 5.97 Å². The third-order valence-corrected chi connectivity index (χ3v) is 10.4. The number of ether oxygens (including phenoxy) is 4. The van der Waals surface area contributed by atoms with E-state index in [-0.39, 0.29) is 47.6 Å². The lowest BCUT2D eigenvalue weighted by atomic mass is 10.1. The van der Waals surface area contributed by atoms with Gasteiger partial charge in [0.1, 0.15) is 22.5 Å². The third kappa shape index (κ3) is 9.56. The van der Waals surface area contributed by atoms with E-state index in [4.69, 9.17) is 43.5 Å². The van der Waals surface area contributed by atoms with Gasteiger partial charge in [0.25, 0.3) is 11.8 Å². The molecule has 0 unspecified atom stereocenters. The fourth-order valence-electron chi connectivity index (χ4n) is 7.40. The molecule has 1 fully saturated rings. The smallest absolute Gasteiger partial charge is 0.338 e. The van der Waals surface area contributed by atoms with Crippen molar-refractivity contribution in [3.05, 3.63) is 82.2 Å². The number of oxazole rings is 2. The summed E-state index contributed by atoms with van der Waals surface area (Å²) in [5.74, 6) is -0.669. The summed E-state index contributed by atoms with van der Waals surface area (Å²) in [5, 5.41) is 5.74. The highest BCUT2D eigenvalue weighted by atomic mass is 16.5. The molecule has 1 aliphatic heterocycles. The zero-order chi connectivity index (χ0) is 44.8. The number of esters is 1. The number of aryl methyl sites for hydroxylation is 4. The van der Waals surface area contributed by atoms with Gasteiger partial charge in [0, 0.05) is 52.1 Å². The first kappa shape index (κ1) is 44.0. The van der Waals surface area contributed by atoms with Gasteiger partial charge in [-0.05, 0) is 43.5 Å². The van der Waals surface area contributed by atoms with Crippen molar-refractivity contribution in [1.29, 1.82) is 0 Å². The summed E-state index contributed by atoms with van der Waals surface area (Å²) in [6, 6.07) is 6.20. The first-order valence-electron chi connectivity index (χ1n) is 20.6. The predicted octanol–water partition coefficient (Wildman–Crippen LogP) is 4.86. The standard InChI is InChI=1S/C43H50N10O10/c1-7-28-36(62-24(3)45-28)39(55)49-42-48-31-21-27(41(57)59-6)23-32(58-5)34(31)52(42)13-9-10-14-53-35-30(47-43(53)50-40(56)37-29(8-2)46-25(4)63-37)20-26(38(44)54)22-33(35)61-17-11-12-51-15-18-60-19-16-51/h9-10,20-23H,7-8,11-19H2,1-6H3,(H2,44,54)(H,47,50,56)(H,48,49,55)/b10-9+. The van der Waals surface area contributed by atoms with E-state index in [0.29, 0.717) is 95.8 Å². The molecule has 0 aliphatic carbocycles. The van der Waals surface area contributed by atoms with Gasteiger partial charge in [-0.3, -0.25) is 29.9 Å². The van der Waals surface area contributed by atoms with Crippen LogP contribution < -0.4 is 25.8 Å². The number of carbonyl (C=O) groups is 4. The minimum atomic E-state index is -0.672. The maximum atomic E-state index is 13.8. The second-order valence-electron chi connectivity index (χ2n) is 14.6. The van der Waals surface area contributed by atoms with E-state index in [9.17, 15) is 19.2 Å². The molecule has 332 valence electrons. The summed E-state index contributed by atoms with van der Waals surface area (Å²) in [6.45, 7) is 11.5. The van der Waals surface area contributed by atoms with E-state index < -0.39 is 23.7 Å². The van der Waals surface area contributed by atoms with Crippen molar-refractivity contribution >= 4 is 57.7 Å². The first-order chi connectivity index (χ1) is 30.4. The summed E-state index contributed by atoms with van der Waals surface area (Å²) in [7, 11) is 2.73. The van der Waals surface area contributed by atoms with Gasteiger partial charge in [-0.2, -0.15) is 0 Å². The molecule has 7 rings (SSSR count). The van der Waals surface area contributed by atoms with Gasteiger partial charge in [0.05, 0.1) is 62.0 Å². The molecular weight excluding hydrogens is 817 g/mol. The Morgan fingerprint density at radius 1 is 0.762 bits per heavy atom. The molecular formula is C43H50N10O10. The Morgan fingerprint density at radius 3 is 1.79 bits per heavy atom. The van der Waals surface area contributed by atoms with Gasteiger partial charge < -0.3 is 42.6 Å². The number of carbonyl (C=O) groups excluding carboxylic acids is 4. The molecule has 1 saturated heterocycles. The Kier molecular flexibility index (Phi) is 13.5. The van der Waals surface area contributed by atoms with Crippen LogP contribution >= 0.6 is 0 Å². The van der Waals surface area contributed by atoms with E-state index >= 15 is 0 Å². The van der Waals surface area contributed by atoms with Gasteiger partial charge in [0.15, 0.2) is 11.8 Å². The number of aromatic nitrogens is 6. The van der Waals surface area contributed by atoms with E-state index in [1.807, 2.05) is 26.0 Å². The minimum Gasteiger partial charge on any atom is -0.494 e. The molecule has 0 saturated carbocycles. The second-order valence-corrected chi connectivity index (χ2v) is 14.6. The highest BCUT2D eigenvalue weighted by Crippen LogP contribution is 2.33. The quantitative estimate of drug-likeness (QED) is 0.0593. The third-order valence-electron chi connectivity index (χ3n) is 10.4. The number of allylic oxidation sites excluding steroid dienone is 2. The lowest BCUT2D eigenvalue weighted by Crippen LogP contribution is -2.37. The summed E-state index contributed by atoms with van der Waals surface area (Å²) >= 11 is 0. The number of rotatable bonds is 18. The molecule has 63 heavy (non-hydrogen) atoms. The number of hydrogen-bond donors (Lipinski definition) is 3. The van der Waals surface area contributed by atoms with Crippen LogP contribution in [0.5, 0.6) is 11.5 Å². The number of methoxy groups -OCH3 is 2. The number of nitrogens with two attached hydrogens (primary N) is 1. The molecule has 6 aromatic rings. The molecule has 0 atom stereocenters. The Bertz CT molecular complexity index is 2700. The molecule has 4 N–H and O–H groups in total. The van der Waals surface area contributed by atoms with Gasteiger partial charge in [-0.1, -0.05) is 26.0 Å². The highest BCUT2D eigenvalue weighted by Gasteiger charge is 2.26. The molecule has 20 nitrogen and oxygen atoms in total. The molecule has 3 amide bonds. The van der Waals surface area contributed by atoms with E-state index in [0.717, 1.165) is 19.6 Å². The molecule has 1 aliphatic rings. The fraction of sp³-hybridized carbons (Fsp3) is 0.395. The SMILES string of the molecule is CCc1nc(C)oc1C(=O)Nc1nc2cc(C(=O)OC)cc(OC)c2n1C/C=C/Cn1c(NC(=O)c2oc(C)nc2CC)nc2cc(C(N)=O)cc(OCCCN3CCOCC3)c21. The summed E-state index contributed by atoms with van der Waals surface area (Å²) < 4.78 is 37.3. The molecule has 5 heterocycles. The zero-order valence-corrected chi connectivity index (χ0v) is 36.0. The Balaban J connectivity index is 1.26. The number of hydrogen-bond acceptors (Lipinski definition) is 15. The van der Waals surface area contributed by atoms with Gasteiger partial charge in [-0.25, -0.2) is 24.7 Å². The molecule has 0 radical (unpaired) electrons. The van der Waals surface area contributed by atoms with Crippen molar-refractivity contribution in [3.8, 4) is 11.5 Å². The van der Waals surface area contributed by atoms with Crippen molar-refractivity contribution in [2.75, 3.05) is 64.3 Å². The molecule has 4 aromatic heterocycles. The Hall–Kier alpha value is -7.06. The predicted molar refractivity (Wildman–Crippen MR) is 230 cm³/mol. The average molecular weight is 867 g/mol. The van der Waals surface area contributed by atoms with Crippen molar-refractivity contribution in [3.63, 3.8) is 0 Å². The van der Waals surface area contributed by atoms with Crippen LogP contribution in [0.15, 0.2) is 45.3 Å². The lowest BCUT2D eigenvalue weighted by Gasteiger charge is -2.26.